The SMILES string of the molecule is Cc1ccc(C(=O)O[C@@H](C)C(=O)N2c3ccccc3NC(=O)C2(C)C)cc1F. The number of nitrogens with zero attached hydrogens (tertiary/aromatic N) is 1. The summed E-state index contributed by atoms with van der Waals surface area (Å²) in [4.78, 5) is 39.2. The predicted octanol–water partition coefficient (Wildman–Crippen LogP) is 3.44. The van der Waals surface area contributed by atoms with Crippen LogP contribution in [-0.2, 0) is 14.3 Å². The molecule has 1 aliphatic rings. The average molecular weight is 384 g/mol. The maximum absolute atomic E-state index is 13.7. The van der Waals surface area contributed by atoms with E-state index in [-0.39, 0.29) is 11.5 Å². The second-order valence-corrected chi connectivity index (χ2v) is 7.22. The summed E-state index contributed by atoms with van der Waals surface area (Å²) in [7, 11) is 0. The van der Waals surface area contributed by atoms with Gasteiger partial charge >= 0.3 is 5.97 Å². The fourth-order valence-electron chi connectivity index (χ4n) is 3.03. The summed E-state index contributed by atoms with van der Waals surface area (Å²) < 4.78 is 19.0. The number of carbonyl (C=O) groups excluding carboxylic acids is 3. The molecule has 1 aliphatic heterocycles. The van der Waals surface area contributed by atoms with Crippen LogP contribution in [0.15, 0.2) is 42.5 Å². The van der Waals surface area contributed by atoms with Gasteiger partial charge in [-0.25, -0.2) is 9.18 Å². The number of halogens is 1. The molecule has 0 saturated carbocycles. The molecule has 0 fully saturated rings. The van der Waals surface area contributed by atoms with E-state index in [4.69, 9.17) is 4.74 Å². The highest BCUT2D eigenvalue weighted by atomic mass is 19.1. The Morgan fingerprint density at radius 1 is 1.18 bits per heavy atom. The quantitative estimate of drug-likeness (QED) is 0.823. The maximum Gasteiger partial charge on any atom is 0.339 e. The topological polar surface area (TPSA) is 75.7 Å². The van der Waals surface area contributed by atoms with Gasteiger partial charge in [0.15, 0.2) is 6.10 Å². The molecule has 2 aromatic carbocycles. The van der Waals surface area contributed by atoms with Crippen LogP contribution in [0, 0.1) is 12.7 Å². The summed E-state index contributed by atoms with van der Waals surface area (Å²) in [5.41, 5.74) is 0.250. The molecule has 2 amide bonds. The third-order valence-electron chi connectivity index (χ3n) is 4.77. The summed E-state index contributed by atoms with van der Waals surface area (Å²) in [6, 6.07) is 10.9. The molecule has 1 heterocycles. The van der Waals surface area contributed by atoms with Gasteiger partial charge in [-0.1, -0.05) is 18.2 Å². The molecule has 1 atom stereocenters. The number of benzene rings is 2. The number of fused-ring (bicyclic) bond motifs is 1. The van der Waals surface area contributed by atoms with Gasteiger partial charge in [0.2, 0.25) is 5.91 Å². The number of esters is 1. The Balaban J connectivity index is 1.86. The lowest BCUT2D eigenvalue weighted by atomic mass is 9.95. The highest BCUT2D eigenvalue weighted by Crippen LogP contribution is 2.37. The lowest BCUT2D eigenvalue weighted by Crippen LogP contribution is -2.60. The molecule has 7 heteroatoms. The molecule has 0 aliphatic carbocycles. The minimum absolute atomic E-state index is 0.0128. The van der Waals surface area contributed by atoms with E-state index in [1.807, 2.05) is 0 Å². The number of para-hydroxylation sites is 2. The van der Waals surface area contributed by atoms with Crippen molar-refractivity contribution in [2.75, 3.05) is 10.2 Å². The van der Waals surface area contributed by atoms with E-state index in [1.54, 1.807) is 45.0 Å². The van der Waals surface area contributed by atoms with Crippen molar-refractivity contribution >= 4 is 29.2 Å². The molecule has 3 rings (SSSR count). The number of rotatable bonds is 3. The van der Waals surface area contributed by atoms with E-state index in [1.165, 1.54) is 24.0 Å². The molecule has 146 valence electrons. The molecule has 0 bridgehead atoms. The van der Waals surface area contributed by atoms with Gasteiger partial charge in [0.05, 0.1) is 16.9 Å². The Bertz CT molecular complexity index is 971. The number of anilines is 2. The molecule has 0 aromatic heterocycles. The summed E-state index contributed by atoms with van der Waals surface area (Å²) in [6.45, 7) is 6.23. The predicted molar refractivity (Wildman–Crippen MR) is 103 cm³/mol. The fraction of sp³-hybridized carbons (Fsp3) is 0.286. The Hall–Kier alpha value is -3.22. The molecular weight excluding hydrogens is 363 g/mol. The zero-order valence-electron chi connectivity index (χ0n) is 16.1. The van der Waals surface area contributed by atoms with Crippen LogP contribution >= 0.6 is 0 Å². The van der Waals surface area contributed by atoms with Crippen LogP contribution in [0.3, 0.4) is 0 Å². The number of hydrogen-bond acceptors (Lipinski definition) is 4. The third kappa shape index (κ3) is 3.35. The first-order chi connectivity index (χ1) is 13.1. The maximum atomic E-state index is 13.7. The summed E-state index contributed by atoms with van der Waals surface area (Å²) in [5, 5.41) is 2.77. The number of aryl methyl sites for hydroxylation is 1. The first kappa shape index (κ1) is 19.5. The summed E-state index contributed by atoms with van der Waals surface area (Å²) >= 11 is 0. The normalized spacial score (nSPS) is 16.0. The van der Waals surface area contributed by atoms with Gasteiger partial charge in [0, 0.05) is 0 Å². The average Bonchev–Trinajstić information content (AvgIpc) is 2.64. The second kappa shape index (κ2) is 7.07. The number of carbonyl (C=O) groups is 3. The lowest BCUT2D eigenvalue weighted by molar-refractivity contribution is -0.131. The number of amides is 2. The van der Waals surface area contributed by atoms with E-state index in [2.05, 4.69) is 5.32 Å². The van der Waals surface area contributed by atoms with Gasteiger partial charge in [-0.05, 0) is 57.5 Å². The van der Waals surface area contributed by atoms with Crippen molar-refractivity contribution < 1.29 is 23.5 Å². The molecule has 2 aromatic rings. The van der Waals surface area contributed by atoms with Crippen molar-refractivity contribution in [1.82, 2.24) is 0 Å². The van der Waals surface area contributed by atoms with E-state index < -0.39 is 29.3 Å². The van der Waals surface area contributed by atoms with Crippen molar-refractivity contribution in [2.24, 2.45) is 0 Å². The van der Waals surface area contributed by atoms with Crippen LogP contribution in [0.1, 0.15) is 36.7 Å². The number of ether oxygens (including phenoxy) is 1. The molecule has 0 radical (unpaired) electrons. The van der Waals surface area contributed by atoms with Crippen LogP contribution in [0.5, 0.6) is 0 Å². The minimum Gasteiger partial charge on any atom is -0.449 e. The van der Waals surface area contributed by atoms with Gasteiger partial charge in [0.25, 0.3) is 5.91 Å². The van der Waals surface area contributed by atoms with E-state index >= 15 is 0 Å². The zero-order chi connectivity index (χ0) is 20.6. The van der Waals surface area contributed by atoms with Crippen molar-refractivity contribution in [1.29, 1.82) is 0 Å². The summed E-state index contributed by atoms with van der Waals surface area (Å²) in [6.07, 6.45) is -1.17. The fourth-order valence-corrected chi connectivity index (χ4v) is 3.03. The lowest BCUT2D eigenvalue weighted by Gasteiger charge is -2.42. The molecule has 1 N–H and O–H groups in total. The van der Waals surface area contributed by atoms with Crippen molar-refractivity contribution in [3.63, 3.8) is 0 Å². The third-order valence-corrected chi connectivity index (χ3v) is 4.77. The molecular formula is C21H21FN2O4. The van der Waals surface area contributed by atoms with Crippen LogP contribution in [-0.4, -0.2) is 29.4 Å². The van der Waals surface area contributed by atoms with Crippen LogP contribution in [0.25, 0.3) is 0 Å². The van der Waals surface area contributed by atoms with E-state index in [9.17, 15) is 18.8 Å². The molecule has 6 nitrogen and oxygen atoms in total. The highest BCUT2D eigenvalue weighted by Gasteiger charge is 2.45. The smallest absolute Gasteiger partial charge is 0.339 e. The first-order valence-electron chi connectivity index (χ1n) is 8.84. The van der Waals surface area contributed by atoms with Gasteiger partial charge in [-0.3, -0.25) is 14.5 Å². The Labute approximate surface area is 162 Å². The van der Waals surface area contributed by atoms with E-state index in [0.29, 0.717) is 16.9 Å². The molecule has 0 spiro atoms. The van der Waals surface area contributed by atoms with Gasteiger partial charge in [-0.2, -0.15) is 0 Å². The molecule has 0 saturated heterocycles. The van der Waals surface area contributed by atoms with Gasteiger partial charge in [0.1, 0.15) is 11.4 Å². The van der Waals surface area contributed by atoms with Crippen molar-refractivity contribution in [3.05, 3.63) is 59.4 Å². The van der Waals surface area contributed by atoms with Crippen molar-refractivity contribution in [2.45, 2.75) is 39.3 Å². The Kier molecular flexibility index (Phi) is 4.93. The second-order valence-electron chi connectivity index (χ2n) is 7.22. The molecule has 28 heavy (non-hydrogen) atoms. The van der Waals surface area contributed by atoms with Crippen LogP contribution < -0.4 is 10.2 Å². The van der Waals surface area contributed by atoms with E-state index in [0.717, 1.165) is 6.07 Å². The molecule has 0 unspecified atom stereocenters. The Morgan fingerprint density at radius 2 is 1.86 bits per heavy atom. The number of nitrogens with one attached hydrogen (secondary N) is 1. The Morgan fingerprint density at radius 3 is 2.54 bits per heavy atom. The number of hydrogen-bond donors (Lipinski definition) is 1. The minimum atomic E-state index is -1.18. The largest absolute Gasteiger partial charge is 0.449 e. The van der Waals surface area contributed by atoms with Crippen LogP contribution in [0.4, 0.5) is 15.8 Å². The van der Waals surface area contributed by atoms with Gasteiger partial charge < -0.3 is 10.1 Å². The van der Waals surface area contributed by atoms with Crippen LogP contribution in [0.2, 0.25) is 0 Å². The highest BCUT2D eigenvalue weighted by molar-refractivity contribution is 6.15. The monoisotopic (exact) mass is 384 g/mol. The van der Waals surface area contributed by atoms with Gasteiger partial charge in [-0.15, -0.1) is 0 Å². The first-order valence-corrected chi connectivity index (χ1v) is 8.84. The zero-order valence-corrected chi connectivity index (χ0v) is 16.1. The van der Waals surface area contributed by atoms with Crippen molar-refractivity contribution in [3.8, 4) is 0 Å². The summed E-state index contributed by atoms with van der Waals surface area (Å²) in [5.74, 6) is -2.24. The standard InChI is InChI=1S/C21H21FN2O4/c1-12-9-10-14(11-15(12)22)19(26)28-13(2)18(25)24-17-8-6-5-7-16(17)23-20(27)21(24,3)4/h5-11,13H,1-4H3,(H,23,27)/t13-/m0/s1.